The number of anilines is 1. The molecule has 2 fully saturated rings. The summed E-state index contributed by atoms with van der Waals surface area (Å²) in [6.45, 7) is 4.37. The molecule has 0 N–H and O–H groups in total. The van der Waals surface area contributed by atoms with Crippen molar-refractivity contribution in [1.29, 1.82) is 0 Å². The van der Waals surface area contributed by atoms with Gasteiger partial charge >= 0.3 is 0 Å². The lowest BCUT2D eigenvalue weighted by atomic mass is 10.1. The van der Waals surface area contributed by atoms with E-state index >= 15 is 0 Å². The fourth-order valence-corrected chi connectivity index (χ4v) is 5.56. The van der Waals surface area contributed by atoms with Gasteiger partial charge in [-0.3, -0.25) is 4.79 Å². The molecule has 156 valence electrons. The van der Waals surface area contributed by atoms with Crippen LogP contribution in [0.5, 0.6) is 0 Å². The van der Waals surface area contributed by atoms with E-state index < -0.39 is 15.8 Å². The number of ether oxygens (including phenoxy) is 1. The predicted octanol–water partition coefficient (Wildman–Crippen LogP) is 1.43. The summed E-state index contributed by atoms with van der Waals surface area (Å²) in [5, 5.41) is 0. The van der Waals surface area contributed by atoms with E-state index in [4.69, 9.17) is 4.74 Å². The Hall–Kier alpha value is -1.71. The molecule has 2 heterocycles. The lowest BCUT2D eigenvalue weighted by Crippen LogP contribution is -2.49. The summed E-state index contributed by atoms with van der Waals surface area (Å²) in [7, 11) is -1.83. The largest absolute Gasteiger partial charge is 0.375 e. The van der Waals surface area contributed by atoms with Crippen molar-refractivity contribution in [1.82, 2.24) is 9.21 Å². The Morgan fingerprint density at radius 1 is 1.25 bits per heavy atom. The van der Waals surface area contributed by atoms with Crippen molar-refractivity contribution in [3.05, 3.63) is 29.6 Å². The number of amides is 1. The van der Waals surface area contributed by atoms with Crippen molar-refractivity contribution in [2.75, 3.05) is 50.5 Å². The Labute approximate surface area is 166 Å². The molecule has 0 aromatic heterocycles. The average molecular weight is 414 g/mol. The Balaban J connectivity index is 1.66. The number of carbonyl (C=O) groups excluding carboxylic acids is 1. The van der Waals surface area contributed by atoms with Crippen molar-refractivity contribution in [2.45, 2.75) is 32.4 Å². The van der Waals surface area contributed by atoms with Crippen LogP contribution in [0.4, 0.5) is 10.1 Å². The van der Waals surface area contributed by atoms with Gasteiger partial charge < -0.3 is 14.5 Å². The van der Waals surface area contributed by atoms with Crippen LogP contribution < -0.4 is 4.90 Å². The van der Waals surface area contributed by atoms with Gasteiger partial charge in [0.2, 0.25) is 15.9 Å². The van der Waals surface area contributed by atoms with Gasteiger partial charge in [-0.15, -0.1) is 0 Å². The third-order valence-corrected chi connectivity index (χ3v) is 7.51. The van der Waals surface area contributed by atoms with Gasteiger partial charge in [0.1, 0.15) is 12.4 Å². The monoisotopic (exact) mass is 413 g/mol. The first-order valence-electron chi connectivity index (χ1n) is 9.61. The van der Waals surface area contributed by atoms with Crippen molar-refractivity contribution in [3.8, 4) is 0 Å². The fraction of sp³-hybridized carbons (Fsp3) is 0.632. The van der Waals surface area contributed by atoms with Crippen LogP contribution in [0.25, 0.3) is 0 Å². The summed E-state index contributed by atoms with van der Waals surface area (Å²) < 4.78 is 45.6. The molecular formula is C19H28FN3O4S. The molecule has 1 amide bonds. The minimum Gasteiger partial charge on any atom is -0.375 e. The Kier molecular flexibility index (Phi) is 6.57. The van der Waals surface area contributed by atoms with Crippen LogP contribution in [0.15, 0.2) is 18.2 Å². The molecule has 1 unspecified atom stereocenters. The number of methoxy groups -OCH3 is 1. The number of sulfonamides is 1. The summed E-state index contributed by atoms with van der Waals surface area (Å²) in [4.78, 5) is 15.7. The molecule has 0 bridgehead atoms. The highest BCUT2D eigenvalue weighted by Gasteiger charge is 2.32. The van der Waals surface area contributed by atoms with E-state index in [9.17, 15) is 17.6 Å². The molecule has 2 aliphatic heterocycles. The second-order valence-corrected chi connectivity index (χ2v) is 9.47. The van der Waals surface area contributed by atoms with Gasteiger partial charge in [0.25, 0.3) is 0 Å². The van der Waals surface area contributed by atoms with Gasteiger partial charge in [0.15, 0.2) is 0 Å². The molecule has 1 aromatic carbocycles. The normalized spacial score (nSPS) is 23.0. The molecular weight excluding hydrogens is 385 g/mol. The SMILES string of the molecule is COCC(=O)N1CCN(c2ccc(CN3C(C)CCCS3(=O)=O)c(F)c2)CC1. The van der Waals surface area contributed by atoms with Crippen molar-refractivity contribution >= 4 is 21.6 Å². The maximum Gasteiger partial charge on any atom is 0.248 e. The van der Waals surface area contributed by atoms with Gasteiger partial charge in [0.05, 0.1) is 5.75 Å². The average Bonchev–Trinajstić information content (AvgIpc) is 2.66. The van der Waals surface area contributed by atoms with Gasteiger partial charge in [-0.2, -0.15) is 4.31 Å². The zero-order valence-electron chi connectivity index (χ0n) is 16.4. The smallest absolute Gasteiger partial charge is 0.248 e. The number of benzene rings is 1. The molecule has 1 aromatic rings. The van der Waals surface area contributed by atoms with E-state index in [-0.39, 0.29) is 30.9 Å². The molecule has 2 aliphatic rings. The second-order valence-electron chi connectivity index (χ2n) is 7.43. The molecule has 28 heavy (non-hydrogen) atoms. The molecule has 2 saturated heterocycles. The molecule has 3 rings (SSSR count). The summed E-state index contributed by atoms with van der Waals surface area (Å²) >= 11 is 0. The van der Waals surface area contributed by atoms with E-state index in [1.165, 1.54) is 17.5 Å². The van der Waals surface area contributed by atoms with Crippen LogP contribution in [-0.4, -0.2) is 75.2 Å². The first-order chi connectivity index (χ1) is 13.3. The fourth-order valence-electron chi connectivity index (χ4n) is 3.81. The van der Waals surface area contributed by atoms with Crippen LogP contribution in [0, 0.1) is 5.82 Å². The first kappa shape index (κ1) is 21.0. The minimum atomic E-state index is -3.33. The van der Waals surface area contributed by atoms with E-state index in [0.29, 0.717) is 38.2 Å². The van der Waals surface area contributed by atoms with Crippen LogP contribution in [0.3, 0.4) is 0 Å². The van der Waals surface area contributed by atoms with E-state index in [1.54, 1.807) is 11.0 Å². The second kappa shape index (κ2) is 8.75. The molecule has 9 heteroatoms. The van der Waals surface area contributed by atoms with Gasteiger partial charge in [-0.25, -0.2) is 12.8 Å². The lowest BCUT2D eigenvalue weighted by molar-refractivity contribution is -0.135. The van der Waals surface area contributed by atoms with Gasteiger partial charge in [0, 0.05) is 57.1 Å². The first-order valence-corrected chi connectivity index (χ1v) is 11.2. The van der Waals surface area contributed by atoms with E-state index in [0.717, 1.165) is 12.1 Å². The van der Waals surface area contributed by atoms with Crippen LogP contribution in [-0.2, 0) is 26.1 Å². The van der Waals surface area contributed by atoms with E-state index in [1.807, 2.05) is 17.9 Å². The minimum absolute atomic E-state index is 0.0412. The van der Waals surface area contributed by atoms with Gasteiger partial charge in [-0.1, -0.05) is 6.07 Å². The Morgan fingerprint density at radius 2 is 1.96 bits per heavy atom. The highest BCUT2D eigenvalue weighted by Crippen LogP contribution is 2.26. The molecule has 0 saturated carbocycles. The third kappa shape index (κ3) is 4.64. The Bertz CT molecular complexity index is 809. The topological polar surface area (TPSA) is 70.2 Å². The summed E-state index contributed by atoms with van der Waals surface area (Å²) in [5.74, 6) is -0.313. The number of hydrogen-bond donors (Lipinski definition) is 0. The predicted molar refractivity (Wildman–Crippen MR) is 105 cm³/mol. The molecule has 0 aliphatic carbocycles. The number of nitrogens with zero attached hydrogens (tertiary/aromatic N) is 3. The lowest BCUT2D eigenvalue weighted by Gasteiger charge is -2.36. The molecule has 1 atom stereocenters. The van der Waals surface area contributed by atoms with E-state index in [2.05, 4.69) is 0 Å². The summed E-state index contributed by atoms with van der Waals surface area (Å²) in [6.07, 6.45) is 1.45. The van der Waals surface area contributed by atoms with Crippen molar-refractivity contribution in [2.24, 2.45) is 0 Å². The van der Waals surface area contributed by atoms with Gasteiger partial charge in [-0.05, 0) is 31.9 Å². The van der Waals surface area contributed by atoms with Crippen LogP contribution >= 0.6 is 0 Å². The maximum absolute atomic E-state index is 14.7. The number of rotatable bonds is 5. The maximum atomic E-state index is 14.7. The molecule has 7 nitrogen and oxygen atoms in total. The molecule has 0 spiro atoms. The van der Waals surface area contributed by atoms with Crippen molar-refractivity contribution in [3.63, 3.8) is 0 Å². The van der Waals surface area contributed by atoms with Crippen LogP contribution in [0.1, 0.15) is 25.3 Å². The summed E-state index contributed by atoms with van der Waals surface area (Å²) in [5.41, 5.74) is 1.13. The number of hydrogen-bond acceptors (Lipinski definition) is 5. The summed E-state index contributed by atoms with van der Waals surface area (Å²) in [6, 6.07) is 4.84. The zero-order chi connectivity index (χ0) is 20.3. The number of carbonyl (C=O) groups is 1. The third-order valence-electron chi connectivity index (χ3n) is 5.50. The highest BCUT2D eigenvalue weighted by atomic mass is 32.2. The zero-order valence-corrected chi connectivity index (χ0v) is 17.3. The molecule has 0 radical (unpaired) electrons. The highest BCUT2D eigenvalue weighted by molar-refractivity contribution is 7.89. The number of halogens is 1. The standard InChI is InChI=1S/C19H28FN3O4S/c1-15-4-3-11-28(25,26)23(15)13-16-5-6-17(12-18(16)20)21-7-9-22(10-8-21)19(24)14-27-2/h5-6,12,15H,3-4,7-11,13-14H2,1-2H3. The quantitative estimate of drug-likeness (QED) is 0.731. The Morgan fingerprint density at radius 3 is 2.57 bits per heavy atom. The van der Waals surface area contributed by atoms with Crippen LogP contribution in [0.2, 0.25) is 0 Å². The number of piperazine rings is 1. The van der Waals surface area contributed by atoms with Crippen molar-refractivity contribution < 1.29 is 22.3 Å².